The largest absolute Gasteiger partial charge is 0.464 e. The summed E-state index contributed by atoms with van der Waals surface area (Å²) in [5.74, 6) is -0.482. The van der Waals surface area contributed by atoms with Gasteiger partial charge in [0.05, 0.1) is 6.61 Å². The van der Waals surface area contributed by atoms with Crippen LogP contribution in [0.25, 0.3) is 11.1 Å². The fourth-order valence-electron chi connectivity index (χ4n) is 4.35. The second-order valence-electron chi connectivity index (χ2n) is 8.79. The van der Waals surface area contributed by atoms with E-state index < -0.39 is 18.1 Å². The minimum Gasteiger partial charge on any atom is -0.464 e. The Labute approximate surface area is 207 Å². The number of nitrogens with one attached hydrogen (secondary N) is 2. The number of esters is 1. The highest BCUT2D eigenvalue weighted by Crippen LogP contribution is 2.44. The van der Waals surface area contributed by atoms with E-state index in [9.17, 15) is 14.4 Å². The summed E-state index contributed by atoms with van der Waals surface area (Å²) in [7, 11) is 0. The van der Waals surface area contributed by atoms with Crippen LogP contribution in [0.15, 0.2) is 48.5 Å². The monoisotopic (exact) mass is 480 g/mol. The van der Waals surface area contributed by atoms with E-state index in [2.05, 4.69) is 34.9 Å². The standard InChI is InChI=1S/C28H36N2O5/c1-3-11-26(31)29-17-10-9-16-25(27(32)34-18-4-2)30-28(33)35-19-24-22-14-7-5-12-20(22)21-13-6-8-15-23(21)24/h5-8,12-15,24-25H,3-4,9-11,16-19H2,1-2H3,(H,29,31)(H,30,33)/t25-/m0/s1. The summed E-state index contributed by atoms with van der Waals surface area (Å²) < 4.78 is 10.9. The summed E-state index contributed by atoms with van der Waals surface area (Å²) in [6, 6.07) is 15.5. The lowest BCUT2D eigenvalue weighted by atomic mass is 9.98. The lowest BCUT2D eigenvalue weighted by Gasteiger charge is -2.19. The zero-order chi connectivity index (χ0) is 25.0. The Morgan fingerprint density at radius 2 is 1.54 bits per heavy atom. The molecule has 0 aliphatic heterocycles. The van der Waals surface area contributed by atoms with Gasteiger partial charge in [0.1, 0.15) is 12.6 Å². The van der Waals surface area contributed by atoms with E-state index in [0.717, 1.165) is 28.7 Å². The molecule has 0 radical (unpaired) electrons. The molecule has 2 N–H and O–H groups in total. The van der Waals surface area contributed by atoms with Crippen molar-refractivity contribution < 1.29 is 23.9 Å². The molecule has 3 rings (SSSR count). The molecule has 35 heavy (non-hydrogen) atoms. The number of ether oxygens (including phenoxy) is 2. The van der Waals surface area contributed by atoms with Gasteiger partial charge in [-0.05, 0) is 54.4 Å². The molecule has 0 saturated carbocycles. The van der Waals surface area contributed by atoms with E-state index in [1.807, 2.05) is 38.1 Å². The Morgan fingerprint density at radius 1 is 0.886 bits per heavy atom. The highest BCUT2D eigenvalue weighted by atomic mass is 16.6. The molecule has 0 bridgehead atoms. The van der Waals surface area contributed by atoms with Crippen LogP contribution in [0.4, 0.5) is 4.79 Å². The summed E-state index contributed by atoms with van der Waals surface area (Å²) in [6.45, 7) is 4.90. The maximum atomic E-state index is 12.7. The molecule has 1 aliphatic carbocycles. The molecule has 0 aromatic heterocycles. The summed E-state index contributed by atoms with van der Waals surface area (Å²) in [4.78, 5) is 36.8. The smallest absolute Gasteiger partial charge is 0.407 e. The van der Waals surface area contributed by atoms with E-state index in [4.69, 9.17) is 9.47 Å². The molecule has 0 spiro atoms. The first-order valence-corrected chi connectivity index (χ1v) is 12.6. The van der Waals surface area contributed by atoms with Gasteiger partial charge in [0.15, 0.2) is 0 Å². The van der Waals surface area contributed by atoms with Crippen LogP contribution in [-0.2, 0) is 19.1 Å². The van der Waals surface area contributed by atoms with Gasteiger partial charge in [0.25, 0.3) is 0 Å². The van der Waals surface area contributed by atoms with Crippen molar-refractivity contribution in [3.63, 3.8) is 0 Å². The van der Waals surface area contributed by atoms with Gasteiger partial charge in [-0.25, -0.2) is 9.59 Å². The quantitative estimate of drug-likeness (QED) is 0.313. The van der Waals surface area contributed by atoms with Gasteiger partial charge in [-0.2, -0.15) is 0 Å². The van der Waals surface area contributed by atoms with Crippen LogP contribution in [-0.4, -0.2) is 43.8 Å². The van der Waals surface area contributed by atoms with Crippen molar-refractivity contribution in [2.24, 2.45) is 0 Å². The third kappa shape index (κ3) is 7.31. The van der Waals surface area contributed by atoms with Crippen LogP contribution in [0.5, 0.6) is 0 Å². The topological polar surface area (TPSA) is 93.7 Å². The Hall–Kier alpha value is -3.35. The van der Waals surface area contributed by atoms with Crippen molar-refractivity contribution in [1.82, 2.24) is 10.6 Å². The van der Waals surface area contributed by atoms with Crippen molar-refractivity contribution in [3.8, 4) is 11.1 Å². The zero-order valence-electron chi connectivity index (χ0n) is 20.7. The lowest BCUT2D eigenvalue weighted by molar-refractivity contribution is -0.146. The molecule has 7 nitrogen and oxygen atoms in total. The molecule has 7 heteroatoms. The molecule has 1 atom stereocenters. The van der Waals surface area contributed by atoms with Gasteiger partial charge in [-0.15, -0.1) is 0 Å². The summed E-state index contributed by atoms with van der Waals surface area (Å²) in [5.41, 5.74) is 4.57. The molecule has 0 unspecified atom stereocenters. The Morgan fingerprint density at radius 3 is 2.17 bits per heavy atom. The molecule has 2 aromatic carbocycles. The van der Waals surface area contributed by atoms with E-state index in [1.165, 1.54) is 0 Å². The van der Waals surface area contributed by atoms with E-state index in [-0.39, 0.29) is 18.4 Å². The molecule has 1 aliphatic rings. The lowest BCUT2D eigenvalue weighted by Crippen LogP contribution is -2.42. The van der Waals surface area contributed by atoms with Gasteiger partial charge < -0.3 is 20.1 Å². The van der Waals surface area contributed by atoms with Crippen molar-refractivity contribution >= 4 is 18.0 Å². The number of alkyl carbamates (subject to hydrolysis) is 1. The van der Waals surface area contributed by atoms with E-state index >= 15 is 0 Å². The first-order valence-electron chi connectivity index (χ1n) is 12.6. The number of hydrogen-bond donors (Lipinski definition) is 2. The summed E-state index contributed by atoms with van der Waals surface area (Å²) in [5, 5.41) is 5.56. The van der Waals surface area contributed by atoms with E-state index in [0.29, 0.717) is 45.3 Å². The summed E-state index contributed by atoms with van der Waals surface area (Å²) >= 11 is 0. The second kappa shape index (κ2) is 13.5. The van der Waals surface area contributed by atoms with Crippen molar-refractivity contribution in [1.29, 1.82) is 0 Å². The van der Waals surface area contributed by atoms with Crippen molar-refractivity contribution in [3.05, 3.63) is 59.7 Å². The number of unbranched alkanes of at least 4 members (excludes halogenated alkanes) is 1. The Balaban J connectivity index is 1.54. The van der Waals surface area contributed by atoms with Gasteiger partial charge in [0, 0.05) is 18.9 Å². The molecule has 188 valence electrons. The van der Waals surface area contributed by atoms with Crippen LogP contribution in [0, 0.1) is 0 Å². The fraction of sp³-hybridized carbons (Fsp3) is 0.464. The minimum atomic E-state index is -0.788. The second-order valence-corrected chi connectivity index (χ2v) is 8.79. The molecule has 0 saturated heterocycles. The number of carbonyl (C=O) groups is 3. The summed E-state index contributed by atoms with van der Waals surface area (Å²) in [6.07, 6.45) is 3.16. The highest BCUT2D eigenvalue weighted by Gasteiger charge is 2.30. The van der Waals surface area contributed by atoms with Crippen LogP contribution in [0.3, 0.4) is 0 Å². The minimum absolute atomic E-state index is 0.0307. The number of carbonyl (C=O) groups excluding carboxylic acids is 3. The fourth-order valence-corrected chi connectivity index (χ4v) is 4.35. The number of hydrogen-bond acceptors (Lipinski definition) is 5. The van der Waals surface area contributed by atoms with Gasteiger partial charge in [-0.3, -0.25) is 4.79 Å². The van der Waals surface area contributed by atoms with Crippen LogP contribution in [0.1, 0.15) is 69.4 Å². The van der Waals surface area contributed by atoms with E-state index in [1.54, 1.807) is 0 Å². The van der Waals surface area contributed by atoms with Gasteiger partial charge >= 0.3 is 12.1 Å². The first kappa shape index (κ1) is 26.3. The molecular formula is C28H36N2O5. The first-order chi connectivity index (χ1) is 17.0. The predicted molar refractivity (Wildman–Crippen MR) is 135 cm³/mol. The van der Waals surface area contributed by atoms with Gasteiger partial charge in [-0.1, -0.05) is 62.4 Å². The van der Waals surface area contributed by atoms with Crippen LogP contribution < -0.4 is 10.6 Å². The maximum absolute atomic E-state index is 12.7. The number of amides is 2. The SMILES string of the molecule is CCCOC(=O)[C@H](CCCCNC(=O)CCC)NC(=O)OCC1c2ccccc2-c2ccccc21. The molecule has 0 fully saturated rings. The number of rotatable bonds is 13. The third-order valence-corrected chi connectivity index (χ3v) is 6.09. The number of fused-ring (bicyclic) bond motifs is 3. The van der Waals surface area contributed by atoms with Crippen molar-refractivity contribution in [2.45, 2.75) is 64.3 Å². The number of benzene rings is 2. The molecule has 2 amide bonds. The van der Waals surface area contributed by atoms with Crippen LogP contribution >= 0.6 is 0 Å². The van der Waals surface area contributed by atoms with Gasteiger partial charge in [0.2, 0.25) is 5.91 Å². The molecule has 2 aromatic rings. The van der Waals surface area contributed by atoms with Crippen molar-refractivity contribution in [2.75, 3.05) is 19.8 Å². The Kier molecular flexibility index (Phi) is 10.1. The molecular weight excluding hydrogens is 444 g/mol. The third-order valence-electron chi connectivity index (χ3n) is 6.09. The average molecular weight is 481 g/mol. The average Bonchev–Trinajstić information content (AvgIpc) is 3.19. The predicted octanol–water partition coefficient (Wildman–Crippen LogP) is 4.93. The normalized spacial score (nSPS) is 12.9. The highest BCUT2D eigenvalue weighted by molar-refractivity contribution is 5.82. The zero-order valence-corrected chi connectivity index (χ0v) is 20.7. The van der Waals surface area contributed by atoms with Crippen LogP contribution in [0.2, 0.25) is 0 Å². The molecule has 0 heterocycles. The maximum Gasteiger partial charge on any atom is 0.407 e. The Bertz CT molecular complexity index is 961.